The second-order valence-corrected chi connectivity index (χ2v) is 6.20. The Labute approximate surface area is 144 Å². The predicted octanol–water partition coefficient (Wildman–Crippen LogP) is -3.77. The molecule has 2 aliphatic rings. The van der Waals surface area contributed by atoms with Crippen LogP contribution in [0.5, 0.6) is 0 Å². The van der Waals surface area contributed by atoms with Gasteiger partial charge in [0.15, 0.2) is 6.29 Å². The molecule has 0 aromatic heterocycles. The predicted molar refractivity (Wildman–Crippen MR) is 81.2 cm³/mol. The van der Waals surface area contributed by atoms with Crippen LogP contribution in [0.2, 0.25) is 0 Å². The quantitative estimate of drug-likeness (QED) is 0.232. The summed E-state index contributed by atoms with van der Waals surface area (Å²) in [5, 5.41) is 68.7. The molecule has 0 aromatic carbocycles. The van der Waals surface area contributed by atoms with Gasteiger partial charge >= 0.3 is 0 Å². The topological polar surface area (TPSA) is 169 Å². The molecule has 7 N–H and O–H groups in total. The summed E-state index contributed by atoms with van der Waals surface area (Å²) in [6.07, 6.45) is -11.8. The van der Waals surface area contributed by atoms with E-state index < -0.39 is 74.4 Å². The second kappa shape index (κ2) is 8.82. The van der Waals surface area contributed by atoms with Crippen molar-refractivity contribution in [2.75, 3.05) is 13.2 Å². The van der Waals surface area contributed by atoms with Crippen LogP contribution in [0.25, 0.3) is 0 Å². The molecular weight excluding hydrogens is 340 g/mol. The number of aliphatic hydroxyl groups excluding tert-OH is 7. The number of hydrogen-bond acceptors (Lipinski definition) is 10. The third-order valence-electron chi connectivity index (χ3n) is 4.50. The van der Waals surface area contributed by atoms with Gasteiger partial charge in [0.25, 0.3) is 0 Å². The largest absolute Gasteiger partial charge is 0.394 e. The first-order valence-electron chi connectivity index (χ1n) is 8.05. The highest BCUT2D eigenvalue weighted by Crippen LogP contribution is 2.30. The highest BCUT2D eigenvalue weighted by Gasteiger charge is 2.50. The van der Waals surface area contributed by atoms with E-state index in [9.17, 15) is 35.7 Å². The fraction of sp³-hybridized carbons (Fsp3) is 0.867. The van der Waals surface area contributed by atoms with Gasteiger partial charge in [0.2, 0.25) is 0 Å². The fourth-order valence-corrected chi connectivity index (χ4v) is 3.02. The van der Waals surface area contributed by atoms with Crippen molar-refractivity contribution in [1.82, 2.24) is 0 Å². The van der Waals surface area contributed by atoms with Crippen LogP contribution in [-0.4, -0.2) is 110 Å². The molecule has 0 bridgehead atoms. The van der Waals surface area contributed by atoms with E-state index in [1.165, 1.54) is 6.08 Å². The monoisotopic (exact) mass is 366 g/mol. The molecule has 0 aromatic rings. The Bertz CT molecular complexity index is 433. The summed E-state index contributed by atoms with van der Waals surface area (Å²) >= 11 is 0. The molecule has 2 rings (SSSR count). The first-order valence-corrected chi connectivity index (χ1v) is 8.05. The SMILES string of the molecule is C=CC[C@@H]1O[C@H](CO)[C@H](O)[C@H](O[C@H]2O[C@H](CO)[C@H](O)[C@H](O)[C@H]2O)[C@H]1O. The van der Waals surface area contributed by atoms with E-state index in [4.69, 9.17) is 14.2 Å². The summed E-state index contributed by atoms with van der Waals surface area (Å²) < 4.78 is 16.1. The molecule has 10 atom stereocenters. The van der Waals surface area contributed by atoms with E-state index in [-0.39, 0.29) is 6.42 Å². The number of ether oxygens (including phenoxy) is 3. The molecule has 2 heterocycles. The van der Waals surface area contributed by atoms with Gasteiger partial charge in [-0.05, 0) is 6.42 Å². The van der Waals surface area contributed by atoms with Crippen molar-refractivity contribution < 1.29 is 50.0 Å². The summed E-state index contributed by atoms with van der Waals surface area (Å²) in [5.74, 6) is 0. The molecule has 2 fully saturated rings. The van der Waals surface area contributed by atoms with Crippen LogP contribution >= 0.6 is 0 Å². The molecule has 0 unspecified atom stereocenters. The van der Waals surface area contributed by atoms with Crippen LogP contribution in [0.1, 0.15) is 6.42 Å². The minimum atomic E-state index is -1.68. The zero-order chi connectivity index (χ0) is 18.7. The molecule has 146 valence electrons. The normalized spacial score (nSPS) is 48.3. The van der Waals surface area contributed by atoms with Crippen molar-refractivity contribution in [2.45, 2.75) is 67.6 Å². The molecule has 0 saturated carbocycles. The lowest BCUT2D eigenvalue weighted by Gasteiger charge is -2.46. The van der Waals surface area contributed by atoms with Gasteiger partial charge in [-0.15, -0.1) is 6.58 Å². The van der Waals surface area contributed by atoms with Gasteiger partial charge in [-0.3, -0.25) is 0 Å². The molecule has 0 spiro atoms. The summed E-state index contributed by atoms with van der Waals surface area (Å²) in [6, 6.07) is 0. The first kappa shape index (κ1) is 20.6. The van der Waals surface area contributed by atoms with E-state index in [0.29, 0.717) is 0 Å². The highest BCUT2D eigenvalue weighted by molar-refractivity contribution is 4.97. The van der Waals surface area contributed by atoms with E-state index >= 15 is 0 Å². The molecule has 0 radical (unpaired) electrons. The summed E-state index contributed by atoms with van der Waals surface area (Å²) in [5.41, 5.74) is 0. The lowest BCUT2D eigenvalue weighted by atomic mass is 9.93. The summed E-state index contributed by atoms with van der Waals surface area (Å²) in [6.45, 7) is 2.37. The average Bonchev–Trinajstić information content (AvgIpc) is 2.60. The van der Waals surface area contributed by atoms with Crippen LogP contribution in [0.4, 0.5) is 0 Å². The number of rotatable bonds is 6. The third-order valence-corrected chi connectivity index (χ3v) is 4.50. The molecule has 2 aliphatic heterocycles. The fourth-order valence-electron chi connectivity index (χ4n) is 3.02. The zero-order valence-corrected chi connectivity index (χ0v) is 13.5. The molecular formula is C15H26O10. The average molecular weight is 366 g/mol. The van der Waals surface area contributed by atoms with Crippen LogP contribution in [0, 0.1) is 0 Å². The summed E-state index contributed by atoms with van der Waals surface area (Å²) in [4.78, 5) is 0. The van der Waals surface area contributed by atoms with E-state index in [1.807, 2.05) is 0 Å². The molecule has 25 heavy (non-hydrogen) atoms. The maximum atomic E-state index is 10.4. The molecule has 0 aliphatic carbocycles. The molecule has 10 heteroatoms. The van der Waals surface area contributed by atoms with Crippen LogP contribution in [0.3, 0.4) is 0 Å². The molecule has 0 amide bonds. The van der Waals surface area contributed by atoms with E-state index in [0.717, 1.165) is 0 Å². The van der Waals surface area contributed by atoms with E-state index in [1.54, 1.807) is 0 Å². The van der Waals surface area contributed by atoms with Crippen LogP contribution < -0.4 is 0 Å². The second-order valence-electron chi connectivity index (χ2n) is 6.20. The van der Waals surface area contributed by atoms with Gasteiger partial charge in [-0.25, -0.2) is 0 Å². The maximum Gasteiger partial charge on any atom is 0.187 e. The smallest absolute Gasteiger partial charge is 0.187 e. The minimum Gasteiger partial charge on any atom is -0.394 e. The Kier molecular flexibility index (Phi) is 7.29. The van der Waals surface area contributed by atoms with Crippen molar-refractivity contribution in [3.8, 4) is 0 Å². The van der Waals surface area contributed by atoms with Gasteiger partial charge in [0.1, 0.15) is 48.8 Å². The van der Waals surface area contributed by atoms with Gasteiger partial charge in [0, 0.05) is 0 Å². The van der Waals surface area contributed by atoms with Crippen molar-refractivity contribution in [3.05, 3.63) is 12.7 Å². The lowest BCUT2D eigenvalue weighted by Crippen LogP contribution is -2.64. The zero-order valence-electron chi connectivity index (χ0n) is 13.5. The Morgan fingerprint density at radius 2 is 1.32 bits per heavy atom. The lowest BCUT2D eigenvalue weighted by molar-refractivity contribution is -0.341. The van der Waals surface area contributed by atoms with Gasteiger partial charge in [-0.2, -0.15) is 0 Å². The van der Waals surface area contributed by atoms with Gasteiger partial charge in [-0.1, -0.05) is 6.08 Å². The Morgan fingerprint density at radius 1 is 0.760 bits per heavy atom. The van der Waals surface area contributed by atoms with Gasteiger partial charge in [0.05, 0.1) is 19.3 Å². The van der Waals surface area contributed by atoms with Crippen molar-refractivity contribution in [1.29, 1.82) is 0 Å². The standard InChI is InChI=1S/C15H26O10/c1-2-3-6-10(19)14(11(20)8(5-17)23-6)25-15-13(22)12(21)9(18)7(4-16)24-15/h2,6-22H,1,3-5H2/t6-,7+,8+,9-,10-,11-,12-,13+,14+,15+/m0/s1. The Hall–Kier alpha value is -0.660. The third kappa shape index (κ3) is 4.19. The first-order chi connectivity index (χ1) is 11.8. The van der Waals surface area contributed by atoms with E-state index in [2.05, 4.69) is 6.58 Å². The molecule has 10 nitrogen and oxygen atoms in total. The Balaban J connectivity index is 2.15. The Morgan fingerprint density at radius 3 is 1.88 bits per heavy atom. The minimum absolute atomic E-state index is 0.221. The van der Waals surface area contributed by atoms with Gasteiger partial charge < -0.3 is 50.0 Å². The van der Waals surface area contributed by atoms with Crippen LogP contribution in [-0.2, 0) is 14.2 Å². The van der Waals surface area contributed by atoms with Crippen molar-refractivity contribution in [2.24, 2.45) is 0 Å². The van der Waals surface area contributed by atoms with Crippen molar-refractivity contribution in [3.63, 3.8) is 0 Å². The number of hydrogen-bond donors (Lipinski definition) is 7. The number of aliphatic hydroxyl groups is 7. The maximum absolute atomic E-state index is 10.4. The molecule has 2 saturated heterocycles. The van der Waals surface area contributed by atoms with Crippen molar-refractivity contribution >= 4 is 0 Å². The van der Waals surface area contributed by atoms with Crippen LogP contribution in [0.15, 0.2) is 12.7 Å². The summed E-state index contributed by atoms with van der Waals surface area (Å²) in [7, 11) is 0. The highest BCUT2D eigenvalue weighted by atomic mass is 16.7.